The second-order valence-corrected chi connectivity index (χ2v) is 9.28. The number of fused-ring (bicyclic) bond motifs is 1. The van der Waals surface area contributed by atoms with E-state index in [-0.39, 0.29) is 29.2 Å². The van der Waals surface area contributed by atoms with Gasteiger partial charge in [0.15, 0.2) is 6.61 Å². The quantitative estimate of drug-likeness (QED) is 0.297. The van der Waals surface area contributed by atoms with Gasteiger partial charge in [0.25, 0.3) is 17.1 Å². The number of rotatable bonds is 7. The lowest BCUT2D eigenvalue weighted by Gasteiger charge is -2.14. The highest BCUT2D eigenvalue weighted by atomic mass is 32.2. The number of hydrogen-bond donors (Lipinski definition) is 1. The van der Waals surface area contributed by atoms with Crippen LogP contribution in [0.25, 0.3) is 16.8 Å². The summed E-state index contributed by atoms with van der Waals surface area (Å²) in [4.78, 5) is 39.7. The molecule has 1 heterocycles. The topological polar surface area (TPSA) is 75.7 Å². The van der Waals surface area contributed by atoms with Crippen molar-refractivity contribution >= 4 is 51.4 Å². The van der Waals surface area contributed by atoms with Gasteiger partial charge in [-0.3, -0.25) is 19.3 Å². The van der Waals surface area contributed by atoms with Gasteiger partial charge < -0.3 is 10.1 Å². The number of carbonyl (C=O) groups is 3. The number of thioether (sulfide) groups is 1. The van der Waals surface area contributed by atoms with Gasteiger partial charge in [0.1, 0.15) is 11.6 Å². The van der Waals surface area contributed by atoms with E-state index in [1.807, 2.05) is 42.5 Å². The van der Waals surface area contributed by atoms with Crippen LogP contribution in [0.2, 0.25) is 0 Å². The van der Waals surface area contributed by atoms with Gasteiger partial charge in [0.05, 0.1) is 11.4 Å². The number of ether oxygens (including phenoxy) is 1. The maximum atomic E-state index is 13.1. The molecule has 0 bridgehead atoms. The van der Waals surface area contributed by atoms with Crippen LogP contribution in [0.1, 0.15) is 11.1 Å². The van der Waals surface area contributed by atoms with Gasteiger partial charge in [0, 0.05) is 11.3 Å². The van der Waals surface area contributed by atoms with Crippen LogP contribution in [-0.4, -0.2) is 28.6 Å². The van der Waals surface area contributed by atoms with Crippen LogP contribution in [-0.2, 0) is 16.1 Å². The summed E-state index contributed by atoms with van der Waals surface area (Å²) >= 11 is 0.870. The fourth-order valence-corrected chi connectivity index (χ4v) is 4.81. The number of nitrogens with one attached hydrogen (secondary N) is 1. The minimum absolute atomic E-state index is 0.172. The lowest BCUT2D eigenvalue weighted by Crippen LogP contribution is -2.27. The van der Waals surface area contributed by atoms with Gasteiger partial charge in [-0.15, -0.1) is 0 Å². The van der Waals surface area contributed by atoms with E-state index in [1.54, 1.807) is 30.3 Å². The molecule has 3 amide bonds. The highest BCUT2D eigenvalue weighted by Crippen LogP contribution is 2.35. The minimum atomic E-state index is -0.420. The molecule has 1 aliphatic heterocycles. The third-order valence-corrected chi connectivity index (χ3v) is 6.68. The van der Waals surface area contributed by atoms with Crippen LogP contribution in [0.5, 0.6) is 5.75 Å². The number of halogens is 1. The van der Waals surface area contributed by atoms with Crippen molar-refractivity contribution in [1.29, 1.82) is 0 Å². The fraction of sp³-hybridized carbons (Fsp3) is 0.0690. The van der Waals surface area contributed by atoms with Crippen molar-refractivity contribution in [3.8, 4) is 5.75 Å². The monoisotopic (exact) mass is 512 g/mol. The molecule has 6 nitrogen and oxygen atoms in total. The van der Waals surface area contributed by atoms with Crippen molar-refractivity contribution < 1.29 is 23.5 Å². The van der Waals surface area contributed by atoms with Crippen LogP contribution in [0.3, 0.4) is 0 Å². The summed E-state index contributed by atoms with van der Waals surface area (Å²) in [6, 6.07) is 26.0. The van der Waals surface area contributed by atoms with Crippen LogP contribution in [0.4, 0.5) is 14.9 Å². The molecule has 0 atom stereocenters. The summed E-state index contributed by atoms with van der Waals surface area (Å²) in [5.41, 5.74) is 1.90. The molecule has 5 rings (SSSR count). The van der Waals surface area contributed by atoms with Crippen molar-refractivity contribution in [2.45, 2.75) is 6.54 Å². The molecular weight excluding hydrogens is 491 g/mol. The van der Waals surface area contributed by atoms with E-state index in [0.717, 1.165) is 28.1 Å². The molecule has 184 valence electrons. The van der Waals surface area contributed by atoms with Crippen LogP contribution >= 0.6 is 11.8 Å². The average molecular weight is 513 g/mol. The van der Waals surface area contributed by atoms with Gasteiger partial charge in [-0.2, -0.15) is 0 Å². The second-order valence-electron chi connectivity index (χ2n) is 8.29. The lowest BCUT2D eigenvalue weighted by molar-refractivity contribution is -0.123. The highest BCUT2D eigenvalue weighted by Gasteiger charge is 2.35. The Labute approximate surface area is 216 Å². The summed E-state index contributed by atoms with van der Waals surface area (Å²) in [6.45, 7) is -0.115. The van der Waals surface area contributed by atoms with E-state index in [2.05, 4.69) is 5.32 Å². The summed E-state index contributed by atoms with van der Waals surface area (Å²) in [5, 5.41) is 4.32. The molecule has 0 unspecified atom stereocenters. The first-order chi connectivity index (χ1) is 18.0. The van der Waals surface area contributed by atoms with Gasteiger partial charge in [-0.1, -0.05) is 60.7 Å². The number of amides is 3. The van der Waals surface area contributed by atoms with Crippen molar-refractivity contribution in [2.24, 2.45) is 0 Å². The first-order valence-corrected chi connectivity index (χ1v) is 12.3. The molecule has 0 aliphatic carbocycles. The minimum Gasteiger partial charge on any atom is -0.483 e. The first-order valence-electron chi connectivity index (χ1n) is 11.5. The number of nitrogens with zero attached hydrogens (tertiary/aromatic N) is 1. The number of anilines is 1. The fourth-order valence-electron chi connectivity index (χ4n) is 3.98. The summed E-state index contributed by atoms with van der Waals surface area (Å²) < 4.78 is 18.7. The Hall–Kier alpha value is -4.43. The molecular formula is C29H21FN2O4S. The number of carbonyl (C=O) groups excluding carboxylic acids is 3. The normalized spacial score (nSPS) is 14.4. The molecule has 8 heteroatoms. The predicted molar refractivity (Wildman–Crippen MR) is 142 cm³/mol. The van der Waals surface area contributed by atoms with E-state index < -0.39 is 11.7 Å². The van der Waals surface area contributed by atoms with Crippen molar-refractivity contribution in [3.05, 3.63) is 113 Å². The number of para-hydroxylation sites is 1. The molecule has 0 radical (unpaired) electrons. The van der Waals surface area contributed by atoms with E-state index in [9.17, 15) is 18.8 Å². The molecule has 1 fully saturated rings. The zero-order valence-corrected chi connectivity index (χ0v) is 20.3. The van der Waals surface area contributed by atoms with Gasteiger partial charge in [-0.05, 0) is 64.5 Å². The smallest absolute Gasteiger partial charge is 0.293 e. The van der Waals surface area contributed by atoms with Crippen molar-refractivity contribution in [3.63, 3.8) is 0 Å². The summed E-state index contributed by atoms with van der Waals surface area (Å²) in [5.74, 6) is -0.814. The average Bonchev–Trinajstić information content (AvgIpc) is 3.17. The van der Waals surface area contributed by atoms with Crippen LogP contribution in [0.15, 0.2) is 95.9 Å². The Morgan fingerprint density at radius 1 is 0.919 bits per heavy atom. The molecule has 0 spiro atoms. The molecule has 4 aromatic carbocycles. The summed E-state index contributed by atoms with van der Waals surface area (Å²) in [6.07, 6.45) is 1.60. The molecule has 1 N–H and O–H groups in total. The number of benzene rings is 4. The molecule has 0 aromatic heterocycles. The molecule has 1 saturated heterocycles. The highest BCUT2D eigenvalue weighted by molar-refractivity contribution is 8.18. The van der Waals surface area contributed by atoms with E-state index >= 15 is 0 Å². The Bertz CT molecular complexity index is 1530. The Kier molecular flexibility index (Phi) is 7.00. The maximum absolute atomic E-state index is 13.1. The maximum Gasteiger partial charge on any atom is 0.293 e. The standard InChI is InChI=1S/C29H21FN2O4S/c30-22-12-14-23(15-13-22)31-27(33)18-36-25-11-4-2-7-20(25)16-26-28(34)32(29(35)37-26)17-21-9-5-8-19-6-1-3-10-24(19)21/h1-16H,17-18H2,(H,31,33)/b26-16+. The third kappa shape index (κ3) is 5.54. The SMILES string of the molecule is O=C(COc1ccccc1/C=C1/SC(=O)N(Cc2cccc3ccccc23)C1=O)Nc1ccc(F)cc1. The number of hydrogen-bond acceptors (Lipinski definition) is 5. The second kappa shape index (κ2) is 10.7. The van der Waals surface area contributed by atoms with Crippen LogP contribution in [0, 0.1) is 5.82 Å². The zero-order chi connectivity index (χ0) is 25.8. The van der Waals surface area contributed by atoms with E-state index in [4.69, 9.17) is 4.74 Å². The molecule has 4 aromatic rings. The largest absolute Gasteiger partial charge is 0.483 e. The molecule has 0 saturated carbocycles. The lowest BCUT2D eigenvalue weighted by atomic mass is 10.0. The number of imide groups is 1. The van der Waals surface area contributed by atoms with Gasteiger partial charge in [-0.25, -0.2) is 4.39 Å². The molecule has 1 aliphatic rings. The van der Waals surface area contributed by atoms with Crippen molar-refractivity contribution in [2.75, 3.05) is 11.9 Å². The van der Waals surface area contributed by atoms with Crippen molar-refractivity contribution in [1.82, 2.24) is 4.90 Å². The third-order valence-electron chi connectivity index (χ3n) is 5.77. The van der Waals surface area contributed by atoms with E-state index in [1.165, 1.54) is 29.2 Å². The zero-order valence-electron chi connectivity index (χ0n) is 19.5. The Morgan fingerprint density at radius 3 is 2.49 bits per heavy atom. The Balaban J connectivity index is 1.29. The van der Waals surface area contributed by atoms with Gasteiger partial charge in [0.2, 0.25) is 0 Å². The summed E-state index contributed by atoms with van der Waals surface area (Å²) in [7, 11) is 0. The Morgan fingerprint density at radius 2 is 1.65 bits per heavy atom. The van der Waals surface area contributed by atoms with Gasteiger partial charge >= 0.3 is 0 Å². The predicted octanol–water partition coefficient (Wildman–Crippen LogP) is 6.23. The van der Waals surface area contributed by atoms with Crippen LogP contribution < -0.4 is 10.1 Å². The molecule has 37 heavy (non-hydrogen) atoms. The first kappa shape index (κ1) is 24.3. The van der Waals surface area contributed by atoms with E-state index in [0.29, 0.717) is 17.0 Å².